The van der Waals surface area contributed by atoms with Crippen LogP contribution in [0.1, 0.15) is 38.3 Å². The molecule has 0 aromatic heterocycles. The largest absolute Gasteiger partial charge is 0.369 e. The van der Waals surface area contributed by atoms with Crippen molar-refractivity contribution in [2.24, 2.45) is 11.7 Å². The van der Waals surface area contributed by atoms with Gasteiger partial charge in [0.25, 0.3) is 0 Å². The summed E-state index contributed by atoms with van der Waals surface area (Å²) < 4.78 is 0. The van der Waals surface area contributed by atoms with Crippen molar-refractivity contribution >= 4 is 11.8 Å². The Labute approximate surface area is 108 Å². The summed E-state index contributed by atoms with van der Waals surface area (Å²) in [6.45, 7) is 3.77. The maximum atomic E-state index is 11.9. The second kappa shape index (κ2) is 6.79. The number of amides is 2. The molecule has 4 nitrogen and oxygen atoms in total. The SMILES string of the molecule is CC[C@H](C(N)=O)C(=O)N[C@@H](CC)c1ccccc1. The molecule has 3 N–H and O–H groups in total. The molecule has 0 spiro atoms. The summed E-state index contributed by atoms with van der Waals surface area (Å²) in [5, 5.41) is 2.88. The van der Waals surface area contributed by atoms with Crippen molar-refractivity contribution in [3.05, 3.63) is 35.9 Å². The summed E-state index contributed by atoms with van der Waals surface area (Å²) in [5.41, 5.74) is 6.24. The third-order valence-corrected chi connectivity index (χ3v) is 2.99. The molecule has 1 rings (SSSR count). The Morgan fingerprint density at radius 3 is 2.22 bits per heavy atom. The predicted octanol–water partition coefficient (Wildman–Crippen LogP) is 1.77. The lowest BCUT2D eigenvalue weighted by molar-refractivity contribution is -0.134. The van der Waals surface area contributed by atoms with Crippen molar-refractivity contribution in [2.75, 3.05) is 0 Å². The molecule has 0 unspecified atom stereocenters. The van der Waals surface area contributed by atoms with Crippen LogP contribution in [0.3, 0.4) is 0 Å². The van der Waals surface area contributed by atoms with Gasteiger partial charge in [-0.2, -0.15) is 0 Å². The average Bonchev–Trinajstić information content (AvgIpc) is 2.37. The van der Waals surface area contributed by atoms with Crippen LogP contribution < -0.4 is 11.1 Å². The fourth-order valence-electron chi connectivity index (χ4n) is 1.89. The zero-order chi connectivity index (χ0) is 13.5. The Hall–Kier alpha value is -1.84. The lowest BCUT2D eigenvalue weighted by atomic mass is 10.0. The molecule has 0 radical (unpaired) electrons. The third kappa shape index (κ3) is 3.58. The van der Waals surface area contributed by atoms with Gasteiger partial charge in [0.2, 0.25) is 11.8 Å². The molecule has 0 aliphatic rings. The number of rotatable bonds is 6. The minimum Gasteiger partial charge on any atom is -0.369 e. The van der Waals surface area contributed by atoms with Crippen LogP contribution >= 0.6 is 0 Å². The molecule has 1 aromatic carbocycles. The molecular weight excluding hydrogens is 228 g/mol. The fourth-order valence-corrected chi connectivity index (χ4v) is 1.89. The Kier molecular flexibility index (Phi) is 5.36. The summed E-state index contributed by atoms with van der Waals surface area (Å²) in [5.74, 6) is -1.61. The third-order valence-electron chi connectivity index (χ3n) is 2.99. The van der Waals surface area contributed by atoms with Gasteiger partial charge in [-0.25, -0.2) is 0 Å². The highest BCUT2D eigenvalue weighted by atomic mass is 16.2. The van der Waals surface area contributed by atoms with E-state index in [4.69, 9.17) is 5.73 Å². The predicted molar refractivity (Wildman–Crippen MR) is 70.6 cm³/mol. The Morgan fingerprint density at radius 2 is 1.78 bits per heavy atom. The Balaban J connectivity index is 2.75. The van der Waals surface area contributed by atoms with Crippen LogP contribution in [0, 0.1) is 5.92 Å². The van der Waals surface area contributed by atoms with E-state index in [2.05, 4.69) is 5.32 Å². The van der Waals surface area contributed by atoms with E-state index >= 15 is 0 Å². The van der Waals surface area contributed by atoms with Gasteiger partial charge in [-0.05, 0) is 18.4 Å². The molecule has 0 aliphatic carbocycles. The first-order chi connectivity index (χ1) is 8.60. The molecule has 0 saturated heterocycles. The topological polar surface area (TPSA) is 72.2 Å². The maximum absolute atomic E-state index is 11.9. The molecule has 0 aliphatic heterocycles. The normalized spacial score (nSPS) is 13.7. The molecule has 0 heterocycles. The molecular formula is C14H20N2O2. The number of hydrogen-bond donors (Lipinski definition) is 2. The standard InChI is InChI=1S/C14H20N2O2/c1-3-11(13(15)17)14(18)16-12(4-2)10-8-6-5-7-9-10/h5-9,11-12H,3-4H2,1-2H3,(H2,15,17)(H,16,18)/t11-,12+/m1/s1. The van der Waals surface area contributed by atoms with E-state index in [0.717, 1.165) is 12.0 Å². The van der Waals surface area contributed by atoms with E-state index in [1.54, 1.807) is 6.92 Å². The van der Waals surface area contributed by atoms with Gasteiger partial charge in [-0.15, -0.1) is 0 Å². The molecule has 1 aromatic rings. The first-order valence-electron chi connectivity index (χ1n) is 6.24. The van der Waals surface area contributed by atoms with Crippen LogP contribution in [0.2, 0.25) is 0 Å². The minimum absolute atomic E-state index is 0.0768. The van der Waals surface area contributed by atoms with Crippen molar-refractivity contribution in [3.63, 3.8) is 0 Å². The zero-order valence-corrected chi connectivity index (χ0v) is 10.8. The van der Waals surface area contributed by atoms with Crippen molar-refractivity contribution < 1.29 is 9.59 Å². The summed E-state index contributed by atoms with van der Waals surface area (Å²) >= 11 is 0. The van der Waals surface area contributed by atoms with Crippen molar-refractivity contribution in [1.82, 2.24) is 5.32 Å². The van der Waals surface area contributed by atoms with Gasteiger partial charge >= 0.3 is 0 Å². The number of nitrogens with one attached hydrogen (secondary N) is 1. The van der Waals surface area contributed by atoms with Crippen LogP contribution in [-0.4, -0.2) is 11.8 Å². The molecule has 0 bridgehead atoms. The number of carbonyl (C=O) groups is 2. The number of nitrogens with two attached hydrogens (primary N) is 1. The lowest BCUT2D eigenvalue weighted by Gasteiger charge is -2.20. The van der Waals surface area contributed by atoms with Gasteiger partial charge in [0.15, 0.2) is 0 Å². The van der Waals surface area contributed by atoms with E-state index in [1.807, 2.05) is 37.3 Å². The smallest absolute Gasteiger partial charge is 0.233 e. The highest BCUT2D eigenvalue weighted by molar-refractivity contribution is 5.99. The summed E-state index contributed by atoms with van der Waals surface area (Å²) in [6.07, 6.45) is 1.19. The lowest BCUT2D eigenvalue weighted by Crippen LogP contribution is -2.40. The number of benzene rings is 1. The monoisotopic (exact) mass is 248 g/mol. The van der Waals surface area contributed by atoms with Crippen LogP contribution in [-0.2, 0) is 9.59 Å². The number of primary amides is 1. The molecule has 0 saturated carbocycles. The van der Waals surface area contributed by atoms with Crippen molar-refractivity contribution in [3.8, 4) is 0 Å². The molecule has 4 heteroatoms. The summed E-state index contributed by atoms with van der Waals surface area (Å²) in [6, 6.07) is 9.62. The highest BCUT2D eigenvalue weighted by Gasteiger charge is 2.24. The van der Waals surface area contributed by atoms with Crippen LogP contribution in [0.15, 0.2) is 30.3 Å². The van der Waals surface area contributed by atoms with E-state index in [0.29, 0.717) is 6.42 Å². The zero-order valence-electron chi connectivity index (χ0n) is 10.8. The van der Waals surface area contributed by atoms with Crippen molar-refractivity contribution in [1.29, 1.82) is 0 Å². The van der Waals surface area contributed by atoms with Gasteiger partial charge < -0.3 is 11.1 Å². The van der Waals surface area contributed by atoms with E-state index in [9.17, 15) is 9.59 Å². The van der Waals surface area contributed by atoms with Gasteiger partial charge in [0.05, 0.1) is 6.04 Å². The first-order valence-corrected chi connectivity index (χ1v) is 6.24. The van der Waals surface area contributed by atoms with Gasteiger partial charge in [0, 0.05) is 0 Å². The maximum Gasteiger partial charge on any atom is 0.233 e. The molecule has 0 fully saturated rings. The average molecular weight is 248 g/mol. The van der Waals surface area contributed by atoms with Crippen LogP contribution in [0.25, 0.3) is 0 Å². The Bertz CT molecular complexity index is 404. The van der Waals surface area contributed by atoms with Gasteiger partial charge in [0.1, 0.15) is 5.92 Å². The van der Waals surface area contributed by atoms with E-state index in [1.165, 1.54) is 0 Å². The second-order valence-corrected chi connectivity index (χ2v) is 4.24. The number of carbonyl (C=O) groups excluding carboxylic acids is 2. The summed E-state index contributed by atoms with van der Waals surface area (Å²) in [7, 11) is 0. The van der Waals surface area contributed by atoms with E-state index < -0.39 is 11.8 Å². The summed E-state index contributed by atoms with van der Waals surface area (Å²) in [4.78, 5) is 23.1. The van der Waals surface area contributed by atoms with Crippen molar-refractivity contribution in [2.45, 2.75) is 32.7 Å². The van der Waals surface area contributed by atoms with Crippen LogP contribution in [0.4, 0.5) is 0 Å². The molecule has 2 atom stereocenters. The second-order valence-electron chi connectivity index (χ2n) is 4.24. The van der Waals surface area contributed by atoms with Gasteiger partial charge in [-0.3, -0.25) is 9.59 Å². The molecule has 18 heavy (non-hydrogen) atoms. The number of hydrogen-bond acceptors (Lipinski definition) is 2. The Morgan fingerprint density at radius 1 is 1.17 bits per heavy atom. The highest BCUT2D eigenvalue weighted by Crippen LogP contribution is 2.17. The minimum atomic E-state index is -0.747. The first kappa shape index (κ1) is 14.2. The van der Waals surface area contributed by atoms with Crippen LogP contribution in [0.5, 0.6) is 0 Å². The van der Waals surface area contributed by atoms with Gasteiger partial charge in [-0.1, -0.05) is 44.2 Å². The fraction of sp³-hybridized carbons (Fsp3) is 0.429. The quantitative estimate of drug-likeness (QED) is 0.753. The molecule has 98 valence electrons. The molecule has 2 amide bonds. The van der Waals surface area contributed by atoms with E-state index in [-0.39, 0.29) is 11.9 Å².